The summed E-state index contributed by atoms with van der Waals surface area (Å²) in [5.74, 6) is 0.517. The molecular formula is C24H27N3O3S. The zero-order valence-electron chi connectivity index (χ0n) is 17.6. The van der Waals surface area contributed by atoms with Gasteiger partial charge in [-0.15, -0.1) is 0 Å². The maximum atomic E-state index is 12.5. The van der Waals surface area contributed by atoms with Crippen molar-refractivity contribution in [1.82, 2.24) is 10.2 Å². The van der Waals surface area contributed by atoms with Crippen LogP contribution in [0.4, 0.5) is 5.69 Å². The molecule has 0 atom stereocenters. The molecule has 0 aromatic heterocycles. The zero-order valence-corrected chi connectivity index (χ0v) is 18.4. The fourth-order valence-corrected chi connectivity index (χ4v) is 3.52. The number of thiocarbonyl (C=S) groups is 1. The Labute approximate surface area is 188 Å². The summed E-state index contributed by atoms with van der Waals surface area (Å²) >= 11 is 5.21. The number of likely N-dealkylation sites (tertiary alicyclic amines) is 1. The van der Waals surface area contributed by atoms with Crippen LogP contribution in [0, 0.1) is 0 Å². The number of carbonyl (C=O) groups excluding carboxylic acids is 2. The Hall–Kier alpha value is -3.19. The quantitative estimate of drug-likeness (QED) is 0.523. The van der Waals surface area contributed by atoms with Crippen molar-refractivity contribution in [2.45, 2.75) is 26.2 Å². The Kier molecular flexibility index (Phi) is 8.18. The Balaban J connectivity index is 1.48. The molecule has 1 heterocycles. The van der Waals surface area contributed by atoms with E-state index in [1.807, 2.05) is 36.1 Å². The summed E-state index contributed by atoms with van der Waals surface area (Å²) in [6.07, 6.45) is 6.43. The van der Waals surface area contributed by atoms with Crippen molar-refractivity contribution in [3.63, 3.8) is 0 Å². The molecule has 162 valence electrons. The van der Waals surface area contributed by atoms with Crippen LogP contribution in [0.2, 0.25) is 0 Å². The van der Waals surface area contributed by atoms with Gasteiger partial charge in [0.15, 0.2) is 5.11 Å². The highest BCUT2D eigenvalue weighted by Crippen LogP contribution is 2.16. The van der Waals surface area contributed by atoms with Gasteiger partial charge in [0.25, 0.3) is 5.91 Å². The molecule has 2 aromatic carbocycles. The summed E-state index contributed by atoms with van der Waals surface area (Å²) in [6.45, 7) is 4.18. The van der Waals surface area contributed by atoms with E-state index in [9.17, 15) is 9.59 Å². The number of piperidine rings is 1. The maximum Gasteiger partial charge on any atom is 0.253 e. The summed E-state index contributed by atoms with van der Waals surface area (Å²) in [7, 11) is 0. The van der Waals surface area contributed by atoms with E-state index in [0.29, 0.717) is 17.9 Å². The maximum absolute atomic E-state index is 12.5. The van der Waals surface area contributed by atoms with Gasteiger partial charge in [0.2, 0.25) is 5.91 Å². The van der Waals surface area contributed by atoms with Crippen LogP contribution < -0.4 is 15.4 Å². The van der Waals surface area contributed by atoms with Crippen molar-refractivity contribution in [3.8, 4) is 5.75 Å². The number of anilines is 1. The third kappa shape index (κ3) is 6.93. The Bertz CT molecular complexity index is 934. The summed E-state index contributed by atoms with van der Waals surface area (Å²) in [6, 6.07) is 14.6. The van der Waals surface area contributed by atoms with Crippen LogP contribution in [-0.4, -0.2) is 41.5 Å². The molecule has 1 saturated heterocycles. The molecule has 3 rings (SSSR count). The Morgan fingerprint density at radius 2 is 1.71 bits per heavy atom. The van der Waals surface area contributed by atoms with Gasteiger partial charge in [0.1, 0.15) is 5.75 Å². The van der Waals surface area contributed by atoms with E-state index in [1.54, 1.807) is 30.3 Å². The lowest BCUT2D eigenvalue weighted by molar-refractivity contribution is -0.115. The van der Waals surface area contributed by atoms with E-state index in [-0.39, 0.29) is 16.9 Å². The average molecular weight is 438 g/mol. The van der Waals surface area contributed by atoms with Gasteiger partial charge in [-0.05, 0) is 86.4 Å². The Morgan fingerprint density at radius 1 is 1.03 bits per heavy atom. The van der Waals surface area contributed by atoms with E-state index >= 15 is 0 Å². The number of nitrogens with zero attached hydrogens (tertiary/aromatic N) is 1. The number of rotatable bonds is 6. The predicted molar refractivity (Wildman–Crippen MR) is 127 cm³/mol. The molecule has 1 aliphatic heterocycles. The fourth-order valence-electron chi connectivity index (χ4n) is 3.31. The number of carbonyl (C=O) groups is 2. The minimum atomic E-state index is -0.330. The third-order valence-electron chi connectivity index (χ3n) is 4.89. The first-order valence-corrected chi connectivity index (χ1v) is 10.9. The normalized spacial score (nSPS) is 13.6. The highest BCUT2D eigenvalue weighted by atomic mass is 32.1. The summed E-state index contributed by atoms with van der Waals surface area (Å²) in [5, 5.41) is 5.77. The molecule has 0 bridgehead atoms. The average Bonchev–Trinajstić information content (AvgIpc) is 2.79. The molecule has 2 amide bonds. The second kappa shape index (κ2) is 11.3. The second-order valence-electron chi connectivity index (χ2n) is 7.21. The summed E-state index contributed by atoms with van der Waals surface area (Å²) < 4.78 is 5.40. The summed E-state index contributed by atoms with van der Waals surface area (Å²) in [4.78, 5) is 26.5. The number of hydrogen-bond acceptors (Lipinski definition) is 4. The molecule has 0 radical (unpaired) electrons. The fraction of sp³-hybridized carbons (Fsp3) is 0.292. The smallest absolute Gasteiger partial charge is 0.253 e. The minimum Gasteiger partial charge on any atom is -0.494 e. The lowest BCUT2D eigenvalue weighted by Crippen LogP contribution is -2.35. The Morgan fingerprint density at radius 3 is 2.35 bits per heavy atom. The van der Waals surface area contributed by atoms with Gasteiger partial charge >= 0.3 is 0 Å². The first-order valence-electron chi connectivity index (χ1n) is 10.5. The molecule has 0 aliphatic carbocycles. The highest BCUT2D eigenvalue weighted by molar-refractivity contribution is 7.80. The van der Waals surface area contributed by atoms with Crippen LogP contribution in [0.25, 0.3) is 6.08 Å². The van der Waals surface area contributed by atoms with Gasteiger partial charge in [-0.2, -0.15) is 0 Å². The van der Waals surface area contributed by atoms with Crippen molar-refractivity contribution in [2.24, 2.45) is 0 Å². The molecule has 31 heavy (non-hydrogen) atoms. The largest absolute Gasteiger partial charge is 0.494 e. The molecule has 0 spiro atoms. The van der Waals surface area contributed by atoms with Crippen molar-refractivity contribution < 1.29 is 14.3 Å². The number of nitrogens with one attached hydrogen (secondary N) is 2. The lowest BCUT2D eigenvalue weighted by Gasteiger charge is -2.26. The van der Waals surface area contributed by atoms with E-state index < -0.39 is 0 Å². The van der Waals surface area contributed by atoms with Gasteiger partial charge < -0.3 is 15.0 Å². The highest BCUT2D eigenvalue weighted by Gasteiger charge is 2.17. The lowest BCUT2D eigenvalue weighted by atomic mass is 10.1. The summed E-state index contributed by atoms with van der Waals surface area (Å²) in [5.41, 5.74) is 2.24. The van der Waals surface area contributed by atoms with E-state index in [2.05, 4.69) is 10.6 Å². The molecule has 1 aliphatic rings. The predicted octanol–water partition coefficient (Wildman–Crippen LogP) is 4.24. The third-order valence-corrected chi connectivity index (χ3v) is 5.09. The van der Waals surface area contributed by atoms with Gasteiger partial charge in [-0.1, -0.05) is 12.1 Å². The van der Waals surface area contributed by atoms with Crippen LogP contribution in [0.1, 0.15) is 42.1 Å². The molecule has 7 heteroatoms. The van der Waals surface area contributed by atoms with Crippen LogP contribution >= 0.6 is 12.2 Å². The zero-order chi connectivity index (χ0) is 22.1. The van der Waals surface area contributed by atoms with Crippen LogP contribution in [0.3, 0.4) is 0 Å². The van der Waals surface area contributed by atoms with Gasteiger partial charge in [-0.25, -0.2) is 0 Å². The molecule has 0 saturated carbocycles. The van der Waals surface area contributed by atoms with Gasteiger partial charge in [0, 0.05) is 30.4 Å². The second-order valence-corrected chi connectivity index (χ2v) is 7.62. The number of amides is 2. The minimum absolute atomic E-state index is 0.0570. The van der Waals surface area contributed by atoms with Gasteiger partial charge in [-0.3, -0.25) is 14.9 Å². The monoisotopic (exact) mass is 437 g/mol. The molecule has 1 fully saturated rings. The topological polar surface area (TPSA) is 70.7 Å². The molecule has 0 unspecified atom stereocenters. The van der Waals surface area contributed by atoms with Crippen LogP contribution in [-0.2, 0) is 4.79 Å². The van der Waals surface area contributed by atoms with E-state index in [1.165, 1.54) is 12.5 Å². The first kappa shape index (κ1) is 22.5. The van der Waals surface area contributed by atoms with Crippen LogP contribution in [0.15, 0.2) is 54.6 Å². The number of ether oxygens (including phenoxy) is 1. The molecular weight excluding hydrogens is 410 g/mol. The van der Waals surface area contributed by atoms with E-state index in [0.717, 1.165) is 37.2 Å². The van der Waals surface area contributed by atoms with Gasteiger partial charge in [0.05, 0.1) is 6.61 Å². The van der Waals surface area contributed by atoms with E-state index in [4.69, 9.17) is 17.0 Å². The SMILES string of the molecule is CCOc1ccc(/C=C/C(=O)NC(=S)Nc2ccc(C(=O)N3CCCCC3)cc2)cc1. The van der Waals surface area contributed by atoms with Crippen LogP contribution in [0.5, 0.6) is 5.75 Å². The first-order chi connectivity index (χ1) is 15.0. The molecule has 2 aromatic rings. The number of benzene rings is 2. The van der Waals surface area contributed by atoms with Crippen molar-refractivity contribution >= 4 is 40.9 Å². The molecule has 6 nitrogen and oxygen atoms in total. The van der Waals surface area contributed by atoms with Crippen molar-refractivity contribution in [3.05, 3.63) is 65.7 Å². The van der Waals surface area contributed by atoms with Crippen molar-refractivity contribution in [1.29, 1.82) is 0 Å². The number of hydrogen-bond donors (Lipinski definition) is 2. The molecule has 2 N–H and O–H groups in total. The van der Waals surface area contributed by atoms with Crippen molar-refractivity contribution in [2.75, 3.05) is 25.0 Å². The standard InChI is InChI=1S/C24H27N3O3S/c1-2-30-21-13-6-18(7-14-21)8-15-22(28)26-24(31)25-20-11-9-19(10-12-20)23(29)27-16-4-3-5-17-27/h6-15H,2-5,16-17H2,1H3,(H2,25,26,28,31)/b15-8+.